The Morgan fingerprint density at radius 3 is 2.50 bits per heavy atom. The second-order valence-corrected chi connectivity index (χ2v) is 7.39. The number of nitrogens with zero attached hydrogens (tertiary/aromatic N) is 1. The number of hydrogen-bond acceptors (Lipinski definition) is 5. The van der Waals surface area contributed by atoms with Gasteiger partial charge < -0.3 is 9.73 Å². The van der Waals surface area contributed by atoms with Crippen LogP contribution in [0.15, 0.2) is 62.6 Å². The number of fused-ring (bicyclic) bond motifs is 1. The monoisotopic (exact) mass is 375 g/mol. The van der Waals surface area contributed by atoms with Crippen LogP contribution in [0, 0.1) is 0 Å². The minimum Gasteiger partial charge on any atom is -0.408 e. The Morgan fingerprint density at radius 2 is 1.85 bits per heavy atom. The average molecular weight is 375 g/mol. The molecule has 0 saturated carbocycles. The fraction of sp³-hybridized carbons (Fsp3) is 0.176. The average Bonchev–Trinajstić information content (AvgIpc) is 2.90. The quantitative estimate of drug-likeness (QED) is 0.691. The van der Waals surface area contributed by atoms with Gasteiger partial charge in [-0.1, -0.05) is 24.3 Å². The molecule has 26 heavy (non-hydrogen) atoms. The number of nitrogens with one attached hydrogen (secondary N) is 1. The molecule has 0 aliphatic heterocycles. The first-order valence-electron chi connectivity index (χ1n) is 7.76. The number of para-hydroxylation sites is 2. The first-order chi connectivity index (χ1) is 12.3. The molecule has 136 valence electrons. The summed E-state index contributed by atoms with van der Waals surface area (Å²) < 4.78 is 28.9. The minimum atomic E-state index is -3.76. The van der Waals surface area contributed by atoms with Crippen molar-refractivity contribution >= 4 is 27.0 Å². The molecule has 1 aromatic heterocycles. The number of hydrogen-bond donors (Lipinski definition) is 2. The van der Waals surface area contributed by atoms with E-state index in [1.165, 1.54) is 16.7 Å². The van der Waals surface area contributed by atoms with Gasteiger partial charge in [0, 0.05) is 0 Å². The fourth-order valence-corrected chi connectivity index (χ4v) is 3.14. The number of amides is 1. The second-order valence-electron chi connectivity index (χ2n) is 5.83. The minimum absolute atomic E-state index is 0.00352. The van der Waals surface area contributed by atoms with Crippen molar-refractivity contribution in [2.75, 3.05) is 0 Å². The third kappa shape index (κ3) is 3.68. The molecule has 1 heterocycles. The van der Waals surface area contributed by atoms with Crippen molar-refractivity contribution in [2.24, 2.45) is 5.14 Å². The van der Waals surface area contributed by atoms with E-state index in [2.05, 4.69) is 5.32 Å². The molecule has 0 bridgehead atoms. The molecular formula is C17H17N3O5S. The Morgan fingerprint density at radius 1 is 1.19 bits per heavy atom. The lowest BCUT2D eigenvalue weighted by molar-refractivity contribution is -0.122. The Kier molecular flexibility index (Phi) is 4.66. The molecule has 8 nitrogen and oxygen atoms in total. The number of carbonyl (C=O) groups excluding carboxylic acids is 1. The summed E-state index contributed by atoms with van der Waals surface area (Å²) in [4.78, 5) is 24.2. The summed E-state index contributed by atoms with van der Waals surface area (Å²) in [6.07, 6.45) is 0. The van der Waals surface area contributed by atoms with Crippen LogP contribution in [0.2, 0.25) is 0 Å². The summed E-state index contributed by atoms with van der Waals surface area (Å²) in [5.41, 5.74) is 1.66. The van der Waals surface area contributed by atoms with Crippen molar-refractivity contribution in [3.05, 3.63) is 64.6 Å². The highest BCUT2D eigenvalue weighted by molar-refractivity contribution is 7.89. The van der Waals surface area contributed by atoms with Crippen LogP contribution in [0.4, 0.5) is 0 Å². The van der Waals surface area contributed by atoms with Crippen LogP contribution in [-0.2, 0) is 21.4 Å². The largest absolute Gasteiger partial charge is 0.420 e. The summed E-state index contributed by atoms with van der Waals surface area (Å²) >= 11 is 0. The van der Waals surface area contributed by atoms with Crippen LogP contribution in [0.1, 0.15) is 18.5 Å². The molecule has 9 heteroatoms. The van der Waals surface area contributed by atoms with Gasteiger partial charge in [0.05, 0.1) is 16.5 Å². The maximum atomic E-state index is 12.3. The van der Waals surface area contributed by atoms with Crippen molar-refractivity contribution in [1.29, 1.82) is 0 Å². The van der Waals surface area contributed by atoms with Crippen LogP contribution in [0.3, 0.4) is 0 Å². The standard InChI is InChI=1S/C17H17N3O5S/c1-11(12-6-8-13(9-7-12)26(18,23)24)19-16(21)10-20-14-4-2-3-5-15(14)25-17(20)22/h2-9,11H,10H2,1H3,(H,19,21)(H2,18,23,24). The molecule has 0 spiro atoms. The molecule has 3 N–H and O–H groups in total. The molecule has 1 unspecified atom stereocenters. The van der Waals surface area contributed by atoms with E-state index < -0.39 is 15.8 Å². The normalized spacial score (nSPS) is 12.8. The van der Waals surface area contributed by atoms with Crippen LogP contribution >= 0.6 is 0 Å². The Labute approximate surface area is 149 Å². The SMILES string of the molecule is CC(NC(=O)Cn1c(=O)oc2ccccc21)c1ccc(S(N)(=O)=O)cc1. The Hall–Kier alpha value is -2.91. The molecule has 0 fully saturated rings. The van der Waals surface area contributed by atoms with Gasteiger partial charge in [-0.05, 0) is 36.8 Å². The predicted molar refractivity (Wildman–Crippen MR) is 94.8 cm³/mol. The topological polar surface area (TPSA) is 124 Å². The van der Waals surface area contributed by atoms with Crippen molar-refractivity contribution in [1.82, 2.24) is 9.88 Å². The highest BCUT2D eigenvalue weighted by Crippen LogP contribution is 2.16. The zero-order valence-corrected chi connectivity index (χ0v) is 14.7. The van der Waals surface area contributed by atoms with Gasteiger partial charge in [0.25, 0.3) is 0 Å². The van der Waals surface area contributed by atoms with Gasteiger partial charge in [-0.2, -0.15) is 0 Å². The summed E-state index contributed by atoms with van der Waals surface area (Å²) in [6, 6.07) is 12.4. The van der Waals surface area contributed by atoms with Gasteiger partial charge in [0.2, 0.25) is 15.9 Å². The van der Waals surface area contributed by atoms with Crippen LogP contribution in [0.25, 0.3) is 11.1 Å². The van der Waals surface area contributed by atoms with Crippen LogP contribution in [-0.4, -0.2) is 18.9 Å². The van der Waals surface area contributed by atoms with E-state index in [0.717, 1.165) is 0 Å². The number of aromatic nitrogens is 1. The van der Waals surface area contributed by atoms with Crippen LogP contribution in [0.5, 0.6) is 0 Å². The van der Waals surface area contributed by atoms with Gasteiger partial charge in [-0.25, -0.2) is 18.4 Å². The smallest absolute Gasteiger partial charge is 0.408 e. The maximum absolute atomic E-state index is 12.3. The third-order valence-corrected chi connectivity index (χ3v) is 4.89. The molecule has 1 amide bonds. The highest BCUT2D eigenvalue weighted by atomic mass is 32.2. The third-order valence-electron chi connectivity index (χ3n) is 3.96. The number of nitrogens with two attached hydrogens (primary N) is 1. The van der Waals surface area contributed by atoms with Gasteiger partial charge in [-0.15, -0.1) is 0 Å². The van der Waals surface area contributed by atoms with Crippen molar-refractivity contribution < 1.29 is 17.6 Å². The predicted octanol–water partition coefficient (Wildman–Crippen LogP) is 1.12. The first kappa shape index (κ1) is 17.9. The van der Waals surface area contributed by atoms with Gasteiger partial charge in [-0.3, -0.25) is 9.36 Å². The number of sulfonamides is 1. The molecule has 0 saturated heterocycles. The van der Waals surface area contributed by atoms with Gasteiger partial charge >= 0.3 is 5.76 Å². The fourth-order valence-electron chi connectivity index (χ4n) is 2.62. The number of carbonyl (C=O) groups is 1. The highest BCUT2D eigenvalue weighted by Gasteiger charge is 2.15. The number of rotatable bonds is 5. The van der Waals surface area contributed by atoms with E-state index in [-0.39, 0.29) is 23.4 Å². The molecule has 0 aliphatic rings. The number of benzene rings is 2. The van der Waals surface area contributed by atoms with E-state index in [9.17, 15) is 18.0 Å². The summed E-state index contributed by atoms with van der Waals surface area (Å²) in [5.74, 6) is -0.979. The molecular weight excluding hydrogens is 358 g/mol. The lowest BCUT2D eigenvalue weighted by atomic mass is 10.1. The van der Waals surface area contributed by atoms with E-state index in [0.29, 0.717) is 16.7 Å². The molecule has 0 aliphatic carbocycles. The number of oxazole rings is 1. The summed E-state index contributed by atoms with van der Waals surface area (Å²) in [6.45, 7) is 1.57. The zero-order valence-electron chi connectivity index (χ0n) is 13.9. The molecule has 3 aromatic rings. The van der Waals surface area contributed by atoms with Gasteiger partial charge in [0.15, 0.2) is 5.58 Å². The molecule has 1 atom stereocenters. The first-order valence-corrected chi connectivity index (χ1v) is 9.31. The van der Waals surface area contributed by atoms with Crippen molar-refractivity contribution in [3.8, 4) is 0 Å². The van der Waals surface area contributed by atoms with E-state index >= 15 is 0 Å². The van der Waals surface area contributed by atoms with Crippen molar-refractivity contribution in [2.45, 2.75) is 24.4 Å². The Bertz CT molecular complexity index is 1110. The van der Waals surface area contributed by atoms with Crippen molar-refractivity contribution in [3.63, 3.8) is 0 Å². The summed E-state index contributed by atoms with van der Waals surface area (Å²) in [7, 11) is -3.76. The maximum Gasteiger partial charge on any atom is 0.420 e. The molecule has 2 aromatic carbocycles. The van der Waals surface area contributed by atoms with E-state index in [4.69, 9.17) is 9.56 Å². The molecule has 3 rings (SSSR count). The molecule has 0 radical (unpaired) electrons. The zero-order chi connectivity index (χ0) is 18.9. The number of primary sulfonamides is 1. The van der Waals surface area contributed by atoms with Crippen LogP contribution < -0.4 is 16.2 Å². The van der Waals surface area contributed by atoms with E-state index in [1.54, 1.807) is 43.3 Å². The van der Waals surface area contributed by atoms with E-state index in [1.807, 2.05) is 0 Å². The lowest BCUT2D eigenvalue weighted by Crippen LogP contribution is -2.32. The summed E-state index contributed by atoms with van der Waals surface area (Å²) in [5, 5.41) is 7.82. The lowest BCUT2D eigenvalue weighted by Gasteiger charge is -2.15. The van der Waals surface area contributed by atoms with Gasteiger partial charge in [0.1, 0.15) is 6.54 Å². The second kappa shape index (κ2) is 6.77. The Balaban J connectivity index is 1.73.